The molecule has 0 radical (unpaired) electrons. The monoisotopic (exact) mass is 470 g/mol. The van der Waals surface area contributed by atoms with Crippen LogP contribution in [0.1, 0.15) is 12.0 Å². The Morgan fingerprint density at radius 1 is 1.23 bits per heavy atom. The van der Waals surface area contributed by atoms with E-state index in [2.05, 4.69) is 27.8 Å². The normalized spacial score (nSPS) is 29.1. The van der Waals surface area contributed by atoms with Crippen molar-refractivity contribution < 1.29 is 14.0 Å². The zero-order chi connectivity index (χ0) is 17.4. The average Bonchev–Trinajstić information content (AvgIpc) is 3.38. The third-order valence-electron chi connectivity index (χ3n) is 5.45. The van der Waals surface area contributed by atoms with Crippen molar-refractivity contribution in [1.82, 2.24) is 15.5 Å². The molecule has 26 heavy (non-hydrogen) atoms. The van der Waals surface area contributed by atoms with Crippen molar-refractivity contribution in [2.75, 3.05) is 20.1 Å². The lowest BCUT2D eigenvalue weighted by molar-refractivity contribution is -0.140. The van der Waals surface area contributed by atoms with Gasteiger partial charge in [-0.15, -0.1) is 24.0 Å². The number of carbonyl (C=O) groups excluding carboxylic acids is 2. The van der Waals surface area contributed by atoms with E-state index in [-0.39, 0.29) is 59.5 Å². The maximum atomic E-state index is 12.6. The molecule has 4 unspecified atom stereocenters. The van der Waals surface area contributed by atoms with Gasteiger partial charge in [-0.25, -0.2) is 0 Å². The molecule has 2 heterocycles. The Hall–Kier alpha value is -1.84. The van der Waals surface area contributed by atoms with Gasteiger partial charge in [0.25, 0.3) is 0 Å². The van der Waals surface area contributed by atoms with Crippen LogP contribution in [0.25, 0.3) is 0 Å². The molecule has 4 rings (SSSR count). The molecule has 1 aromatic rings. The molecule has 3 aliphatic rings. The zero-order valence-electron chi connectivity index (χ0n) is 14.6. The summed E-state index contributed by atoms with van der Waals surface area (Å²) in [7, 11) is 1.69. The Balaban J connectivity index is 0.00000196. The van der Waals surface area contributed by atoms with Crippen LogP contribution in [0.4, 0.5) is 0 Å². The van der Waals surface area contributed by atoms with E-state index in [1.807, 2.05) is 6.07 Å². The van der Waals surface area contributed by atoms with Crippen molar-refractivity contribution in [3.05, 3.63) is 36.3 Å². The number of nitrogens with zero attached hydrogens (tertiary/aromatic N) is 2. The number of carbonyl (C=O) groups is 2. The smallest absolute Gasteiger partial charge is 0.233 e. The van der Waals surface area contributed by atoms with Crippen molar-refractivity contribution in [1.29, 1.82) is 0 Å². The number of halogens is 1. The summed E-state index contributed by atoms with van der Waals surface area (Å²) in [6.07, 6.45) is 8.48. The Morgan fingerprint density at radius 2 is 1.92 bits per heavy atom. The van der Waals surface area contributed by atoms with Crippen LogP contribution in [-0.4, -0.2) is 42.8 Å². The summed E-state index contributed by atoms with van der Waals surface area (Å²) in [4.78, 5) is 30.8. The number of nitrogens with one attached hydrogen (secondary N) is 2. The van der Waals surface area contributed by atoms with E-state index in [0.29, 0.717) is 25.6 Å². The van der Waals surface area contributed by atoms with E-state index in [0.717, 1.165) is 12.0 Å². The molecule has 7 nitrogen and oxygen atoms in total. The fraction of sp³-hybridized carbons (Fsp3) is 0.500. The molecule has 2 aliphatic carbocycles. The summed E-state index contributed by atoms with van der Waals surface area (Å²) in [5.74, 6) is 0.886. The largest absolute Gasteiger partial charge is 0.472 e. The molecule has 2 fully saturated rings. The third-order valence-corrected chi connectivity index (χ3v) is 5.45. The van der Waals surface area contributed by atoms with Crippen LogP contribution in [0.15, 0.2) is 40.2 Å². The van der Waals surface area contributed by atoms with Gasteiger partial charge >= 0.3 is 0 Å². The number of aliphatic imine (C=N–C) groups is 1. The SMILES string of the molecule is CN=C(NCCN1C(=O)C2C3C=CC(C3)C2C1=O)NCc1ccoc1.I. The minimum absolute atomic E-state index is 0. The highest BCUT2D eigenvalue weighted by molar-refractivity contribution is 14.0. The Kier molecular flexibility index (Phi) is 5.69. The first-order valence-corrected chi connectivity index (χ1v) is 8.68. The summed E-state index contributed by atoms with van der Waals surface area (Å²) in [6.45, 7) is 1.44. The van der Waals surface area contributed by atoms with Crippen LogP contribution in [0.5, 0.6) is 0 Å². The number of hydrogen-bond acceptors (Lipinski definition) is 4. The van der Waals surface area contributed by atoms with Crippen LogP contribution in [0, 0.1) is 23.7 Å². The molecule has 1 saturated carbocycles. The van der Waals surface area contributed by atoms with Crippen molar-refractivity contribution in [2.45, 2.75) is 13.0 Å². The minimum Gasteiger partial charge on any atom is -0.472 e. The molecule has 2 bridgehead atoms. The van der Waals surface area contributed by atoms with Gasteiger partial charge in [-0.1, -0.05) is 12.2 Å². The molecule has 8 heteroatoms. The number of guanidine groups is 1. The van der Waals surface area contributed by atoms with Crippen LogP contribution >= 0.6 is 24.0 Å². The second-order valence-electron chi connectivity index (χ2n) is 6.81. The first-order valence-electron chi connectivity index (χ1n) is 8.68. The van der Waals surface area contributed by atoms with Gasteiger partial charge in [0.15, 0.2) is 5.96 Å². The average molecular weight is 470 g/mol. The lowest BCUT2D eigenvalue weighted by atomic mass is 9.85. The van der Waals surface area contributed by atoms with Crippen LogP contribution in [0.3, 0.4) is 0 Å². The molecule has 1 saturated heterocycles. The summed E-state index contributed by atoms with van der Waals surface area (Å²) in [6, 6.07) is 1.88. The first kappa shape index (κ1) is 18.9. The van der Waals surface area contributed by atoms with E-state index < -0.39 is 0 Å². The molecule has 0 aromatic carbocycles. The van der Waals surface area contributed by atoms with Crippen LogP contribution in [0.2, 0.25) is 0 Å². The summed E-state index contributed by atoms with van der Waals surface area (Å²) < 4.78 is 5.02. The Bertz CT molecular complexity index is 701. The topological polar surface area (TPSA) is 86.9 Å². The summed E-state index contributed by atoms with van der Waals surface area (Å²) in [5, 5.41) is 6.31. The third kappa shape index (κ3) is 3.26. The second-order valence-corrected chi connectivity index (χ2v) is 6.81. The van der Waals surface area contributed by atoms with Gasteiger partial charge in [0.05, 0.1) is 24.4 Å². The minimum atomic E-state index is -0.124. The summed E-state index contributed by atoms with van der Waals surface area (Å²) >= 11 is 0. The number of amides is 2. The van der Waals surface area contributed by atoms with E-state index in [1.165, 1.54) is 4.90 Å². The molecule has 1 aliphatic heterocycles. The molecule has 140 valence electrons. The van der Waals surface area contributed by atoms with E-state index in [9.17, 15) is 9.59 Å². The second kappa shape index (κ2) is 7.81. The quantitative estimate of drug-likeness (QED) is 0.223. The fourth-order valence-corrected chi connectivity index (χ4v) is 4.27. The molecule has 4 atom stereocenters. The number of imide groups is 1. The maximum absolute atomic E-state index is 12.6. The highest BCUT2D eigenvalue weighted by atomic mass is 127. The van der Waals surface area contributed by atoms with Crippen molar-refractivity contribution in [3.63, 3.8) is 0 Å². The molecule has 2 amide bonds. The van der Waals surface area contributed by atoms with Gasteiger partial charge in [-0.05, 0) is 24.3 Å². The maximum Gasteiger partial charge on any atom is 0.233 e. The number of likely N-dealkylation sites (tertiary alicyclic amines) is 1. The van der Waals surface area contributed by atoms with Crippen molar-refractivity contribution in [2.24, 2.45) is 28.7 Å². The molecular formula is C18H23IN4O3. The highest BCUT2D eigenvalue weighted by Gasteiger charge is 2.58. The van der Waals surface area contributed by atoms with E-state index in [4.69, 9.17) is 4.42 Å². The molecule has 0 spiro atoms. The lowest BCUT2D eigenvalue weighted by Gasteiger charge is -2.18. The van der Waals surface area contributed by atoms with E-state index >= 15 is 0 Å². The predicted octanol–water partition coefficient (Wildman–Crippen LogP) is 1.37. The van der Waals surface area contributed by atoms with Gasteiger partial charge in [-0.2, -0.15) is 0 Å². The molecular weight excluding hydrogens is 447 g/mol. The van der Waals surface area contributed by atoms with Gasteiger partial charge in [-0.3, -0.25) is 19.5 Å². The molecule has 2 N–H and O–H groups in total. The molecule has 1 aromatic heterocycles. The highest BCUT2D eigenvalue weighted by Crippen LogP contribution is 2.52. The first-order chi connectivity index (χ1) is 12.2. The Morgan fingerprint density at radius 3 is 2.50 bits per heavy atom. The van der Waals surface area contributed by atoms with Gasteiger partial charge in [0, 0.05) is 32.2 Å². The van der Waals surface area contributed by atoms with Crippen molar-refractivity contribution in [3.8, 4) is 0 Å². The fourth-order valence-electron chi connectivity index (χ4n) is 4.27. The van der Waals surface area contributed by atoms with Crippen molar-refractivity contribution >= 4 is 41.8 Å². The number of fused-ring (bicyclic) bond motifs is 5. The van der Waals surface area contributed by atoms with Gasteiger partial charge < -0.3 is 15.1 Å². The summed E-state index contributed by atoms with van der Waals surface area (Å²) in [5.41, 5.74) is 1.02. The van der Waals surface area contributed by atoms with Crippen LogP contribution in [-0.2, 0) is 16.1 Å². The number of allylic oxidation sites excluding steroid dienone is 2. The predicted molar refractivity (Wildman–Crippen MR) is 107 cm³/mol. The number of furan rings is 1. The van der Waals surface area contributed by atoms with E-state index in [1.54, 1.807) is 19.6 Å². The van der Waals surface area contributed by atoms with Gasteiger partial charge in [0.1, 0.15) is 0 Å². The zero-order valence-corrected chi connectivity index (χ0v) is 16.9. The van der Waals surface area contributed by atoms with Gasteiger partial charge in [0.2, 0.25) is 11.8 Å². The Labute approximate surface area is 169 Å². The van der Waals surface area contributed by atoms with Crippen LogP contribution < -0.4 is 10.6 Å². The lowest BCUT2D eigenvalue weighted by Crippen LogP contribution is -2.43. The number of hydrogen-bond donors (Lipinski definition) is 2. The standard InChI is InChI=1S/C18H22N4O3.HI/c1-19-18(21-9-11-4-7-25-10-11)20-5-6-22-16(23)14-12-2-3-13(8-12)15(14)17(22)24;/h2-4,7,10,12-15H,5-6,8-9H2,1H3,(H2,19,20,21);1H. The number of rotatable bonds is 5.